The van der Waals surface area contributed by atoms with Gasteiger partial charge >= 0.3 is 0 Å². The summed E-state index contributed by atoms with van der Waals surface area (Å²) in [6.45, 7) is 7.57. The molecule has 0 aromatic heterocycles. The molecule has 2 saturated heterocycles. The molecule has 4 heteroatoms. The van der Waals surface area contributed by atoms with E-state index < -0.39 is 0 Å². The van der Waals surface area contributed by atoms with Gasteiger partial charge in [-0.1, -0.05) is 67.4 Å². The molecule has 1 aliphatic carbocycles. The summed E-state index contributed by atoms with van der Waals surface area (Å²) in [6.07, 6.45) is 7.17. The standard InChI is InChI=1S/C29H41N3O/c33-27-14-16-31(17-15-27)20-25-11-5-4-10-24(25)18-30-29-13-7-6-12-26-21-32(22-28(26)29)19-23-8-2-1-3-9-23/h1-5,8-11,26-30,33H,6-7,12-22H2. The molecule has 2 aromatic carbocycles. The Balaban J connectivity index is 1.20. The van der Waals surface area contributed by atoms with E-state index in [2.05, 4.69) is 69.7 Å². The molecular weight excluding hydrogens is 406 g/mol. The second kappa shape index (κ2) is 11.1. The zero-order valence-corrected chi connectivity index (χ0v) is 20.0. The third-order valence-electron chi connectivity index (χ3n) is 8.30. The highest BCUT2D eigenvalue weighted by atomic mass is 16.3. The van der Waals surface area contributed by atoms with Crippen LogP contribution in [0.3, 0.4) is 0 Å². The quantitative estimate of drug-likeness (QED) is 0.659. The van der Waals surface area contributed by atoms with E-state index in [-0.39, 0.29) is 6.10 Å². The number of aliphatic hydroxyl groups is 1. The van der Waals surface area contributed by atoms with Crippen molar-refractivity contribution in [1.29, 1.82) is 0 Å². The molecule has 3 aliphatic rings. The van der Waals surface area contributed by atoms with Crippen molar-refractivity contribution in [1.82, 2.24) is 15.1 Å². The Labute approximate surface area is 200 Å². The van der Waals surface area contributed by atoms with Crippen molar-refractivity contribution in [2.75, 3.05) is 26.2 Å². The molecule has 4 nitrogen and oxygen atoms in total. The minimum atomic E-state index is -0.103. The lowest BCUT2D eigenvalue weighted by Gasteiger charge is -2.30. The third kappa shape index (κ3) is 6.05. The van der Waals surface area contributed by atoms with Crippen LogP contribution in [0.2, 0.25) is 0 Å². The fraction of sp³-hybridized carbons (Fsp3) is 0.586. The Morgan fingerprint density at radius 2 is 1.48 bits per heavy atom. The largest absolute Gasteiger partial charge is 0.393 e. The first-order chi connectivity index (χ1) is 16.2. The summed E-state index contributed by atoms with van der Waals surface area (Å²) in [5.41, 5.74) is 4.34. The second-order valence-electron chi connectivity index (χ2n) is 10.7. The van der Waals surface area contributed by atoms with Crippen molar-refractivity contribution in [2.24, 2.45) is 11.8 Å². The molecule has 2 aliphatic heterocycles. The van der Waals surface area contributed by atoms with Crippen LogP contribution in [0.4, 0.5) is 0 Å². The molecule has 33 heavy (non-hydrogen) atoms. The van der Waals surface area contributed by atoms with E-state index >= 15 is 0 Å². The van der Waals surface area contributed by atoms with E-state index in [0.29, 0.717) is 6.04 Å². The molecule has 178 valence electrons. The summed E-state index contributed by atoms with van der Waals surface area (Å²) in [5, 5.41) is 13.9. The van der Waals surface area contributed by atoms with E-state index in [1.807, 2.05) is 0 Å². The fourth-order valence-electron chi connectivity index (χ4n) is 6.40. The Bertz CT molecular complexity index is 864. The second-order valence-corrected chi connectivity index (χ2v) is 10.7. The summed E-state index contributed by atoms with van der Waals surface area (Å²) in [6, 6.07) is 20.6. The first kappa shape index (κ1) is 23.0. The Kier molecular flexibility index (Phi) is 7.78. The highest BCUT2D eigenvalue weighted by molar-refractivity contribution is 5.27. The van der Waals surface area contributed by atoms with Crippen molar-refractivity contribution >= 4 is 0 Å². The number of fused-ring (bicyclic) bond motifs is 1. The minimum absolute atomic E-state index is 0.103. The predicted molar refractivity (Wildman–Crippen MR) is 135 cm³/mol. The van der Waals surface area contributed by atoms with Gasteiger partial charge in [-0.15, -0.1) is 0 Å². The van der Waals surface area contributed by atoms with Gasteiger partial charge in [-0.25, -0.2) is 0 Å². The van der Waals surface area contributed by atoms with E-state index in [1.54, 1.807) is 0 Å². The van der Waals surface area contributed by atoms with Crippen LogP contribution in [-0.4, -0.2) is 53.2 Å². The van der Waals surface area contributed by atoms with E-state index in [9.17, 15) is 5.11 Å². The summed E-state index contributed by atoms with van der Waals surface area (Å²) < 4.78 is 0. The van der Waals surface area contributed by atoms with Gasteiger partial charge < -0.3 is 10.4 Å². The Hall–Kier alpha value is -1.72. The van der Waals surface area contributed by atoms with Gasteiger partial charge in [-0.05, 0) is 54.2 Å². The van der Waals surface area contributed by atoms with E-state index in [0.717, 1.165) is 57.4 Å². The van der Waals surface area contributed by atoms with Crippen LogP contribution in [0.1, 0.15) is 55.2 Å². The molecule has 0 bridgehead atoms. The highest BCUT2D eigenvalue weighted by Gasteiger charge is 2.38. The van der Waals surface area contributed by atoms with Crippen molar-refractivity contribution in [3.8, 4) is 0 Å². The topological polar surface area (TPSA) is 38.7 Å². The zero-order chi connectivity index (χ0) is 22.5. The van der Waals surface area contributed by atoms with Crippen molar-refractivity contribution in [2.45, 2.75) is 70.3 Å². The average Bonchev–Trinajstić information content (AvgIpc) is 3.14. The number of nitrogens with zero attached hydrogens (tertiary/aromatic N) is 2. The number of rotatable bonds is 7. The van der Waals surface area contributed by atoms with Crippen molar-refractivity contribution < 1.29 is 5.11 Å². The molecule has 5 rings (SSSR count). The lowest BCUT2D eigenvalue weighted by molar-refractivity contribution is 0.0791. The maximum absolute atomic E-state index is 9.83. The molecule has 0 radical (unpaired) electrons. The molecule has 3 fully saturated rings. The van der Waals surface area contributed by atoms with Crippen LogP contribution in [-0.2, 0) is 19.6 Å². The molecule has 0 spiro atoms. The van der Waals surface area contributed by atoms with Gasteiger partial charge in [0, 0.05) is 51.9 Å². The predicted octanol–water partition coefficient (Wildman–Crippen LogP) is 4.42. The zero-order valence-electron chi connectivity index (χ0n) is 20.0. The maximum Gasteiger partial charge on any atom is 0.0564 e. The van der Waals surface area contributed by atoms with Gasteiger partial charge in [0.2, 0.25) is 0 Å². The van der Waals surface area contributed by atoms with Crippen molar-refractivity contribution in [3.05, 3.63) is 71.3 Å². The Morgan fingerprint density at radius 1 is 0.758 bits per heavy atom. The number of benzene rings is 2. The summed E-state index contributed by atoms with van der Waals surface area (Å²) >= 11 is 0. The maximum atomic E-state index is 9.83. The van der Waals surface area contributed by atoms with Gasteiger partial charge in [0.15, 0.2) is 0 Å². The van der Waals surface area contributed by atoms with E-state index in [4.69, 9.17) is 0 Å². The summed E-state index contributed by atoms with van der Waals surface area (Å²) in [7, 11) is 0. The van der Waals surface area contributed by atoms with Gasteiger partial charge in [0.25, 0.3) is 0 Å². The number of hydrogen-bond acceptors (Lipinski definition) is 4. The summed E-state index contributed by atoms with van der Waals surface area (Å²) in [5.74, 6) is 1.61. The van der Waals surface area contributed by atoms with E-state index in [1.165, 1.54) is 55.5 Å². The number of nitrogens with one attached hydrogen (secondary N) is 1. The monoisotopic (exact) mass is 447 g/mol. The van der Waals surface area contributed by atoms with Crippen LogP contribution >= 0.6 is 0 Å². The van der Waals surface area contributed by atoms with Crippen LogP contribution in [0.15, 0.2) is 54.6 Å². The van der Waals surface area contributed by atoms with Gasteiger partial charge in [0.1, 0.15) is 0 Å². The van der Waals surface area contributed by atoms with Crippen LogP contribution < -0.4 is 5.32 Å². The number of aliphatic hydroxyl groups excluding tert-OH is 1. The van der Waals surface area contributed by atoms with Crippen LogP contribution in [0.5, 0.6) is 0 Å². The van der Waals surface area contributed by atoms with Gasteiger partial charge in [-0.3, -0.25) is 9.80 Å². The van der Waals surface area contributed by atoms with Gasteiger partial charge in [0.05, 0.1) is 6.10 Å². The normalized spacial score (nSPS) is 27.4. The molecule has 2 aromatic rings. The number of likely N-dealkylation sites (tertiary alicyclic amines) is 2. The fourth-order valence-corrected chi connectivity index (χ4v) is 6.40. The van der Waals surface area contributed by atoms with Gasteiger partial charge in [-0.2, -0.15) is 0 Å². The first-order valence-corrected chi connectivity index (χ1v) is 13.2. The molecule has 1 saturated carbocycles. The number of hydrogen-bond donors (Lipinski definition) is 2. The minimum Gasteiger partial charge on any atom is -0.393 e. The van der Waals surface area contributed by atoms with Crippen LogP contribution in [0.25, 0.3) is 0 Å². The molecule has 2 N–H and O–H groups in total. The first-order valence-electron chi connectivity index (χ1n) is 13.2. The summed E-state index contributed by atoms with van der Waals surface area (Å²) in [4.78, 5) is 5.20. The molecule has 3 atom stereocenters. The van der Waals surface area contributed by atoms with Crippen molar-refractivity contribution in [3.63, 3.8) is 0 Å². The molecule has 3 unspecified atom stereocenters. The molecular formula is C29H41N3O. The Morgan fingerprint density at radius 3 is 2.30 bits per heavy atom. The molecule has 0 amide bonds. The number of piperidine rings is 1. The van der Waals surface area contributed by atoms with Crippen LogP contribution in [0, 0.1) is 11.8 Å². The molecule has 2 heterocycles. The SMILES string of the molecule is OC1CCN(Cc2ccccc2CNC2CCCCC3CN(Cc4ccccc4)CC32)CC1. The average molecular weight is 448 g/mol. The third-order valence-corrected chi connectivity index (χ3v) is 8.30. The lowest BCUT2D eigenvalue weighted by Crippen LogP contribution is -2.39. The highest BCUT2D eigenvalue weighted by Crippen LogP contribution is 2.36. The smallest absolute Gasteiger partial charge is 0.0564 e. The lowest BCUT2D eigenvalue weighted by atomic mass is 9.87.